The van der Waals surface area contributed by atoms with Crippen LogP contribution in [0, 0.1) is 6.92 Å². The summed E-state index contributed by atoms with van der Waals surface area (Å²) in [5.74, 6) is 1.07. The number of benzene rings is 1. The van der Waals surface area contributed by atoms with Crippen LogP contribution in [0.15, 0.2) is 34.2 Å². The minimum Gasteiger partial charge on any atom is -0.496 e. The van der Waals surface area contributed by atoms with Gasteiger partial charge in [0.25, 0.3) is 5.56 Å². The van der Waals surface area contributed by atoms with Crippen molar-refractivity contribution in [3.05, 3.63) is 51.4 Å². The summed E-state index contributed by atoms with van der Waals surface area (Å²) in [7, 11) is 3.25. The first-order chi connectivity index (χ1) is 11.0. The Bertz CT molecular complexity index is 768. The van der Waals surface area contributed by atoms with Gasteiger partial charge < -0.3 is 9.47 Å². The second-order valence-electron chi connectivity index (χ2n) is 5.00. The van der Waals surface area contributed by atoms with Crippen molar-refractivity contribution in [2.24, 2.45) is 5.10 Å². The smallest absolute Gasteiger partial charge is 0.252 e. The summed E-state index contributed by atoms with van der Waals surface area (Å²) in [5, 5.41) is 4.26. The molecule has 0 aliphatic rings. The molecule has 7 nitrogen and oxygen atoms in total. The van der Waals surface area contributed by atoms with Gasteiger partial charge in [-0.1, -0.05) is 0 Å². The van der Waals surface area contributed by atoms with Gasteiger partial charge in [-0.05, 0) is 37.6 Å². The topological polar surface area (TPSA) is 88.6 Å². The Labute approximate surface area is 134 Å². The fourth-order valence-electron chi connectivity index (χ4n) is 2.11. The van der Waals surface area contributed by atoms with E-state index in [2.05, 4.69) is 20.5 Å². The number of methoxy groups -OCH3 is 2. The van der Waals surface area contributed by atoms with E-state index in [0.717, 1.165) is 22.6 Å². The lowest BCUT2D eigenvalue weighted by molar-refractivity contribution is 0.181. The van der Waals surface area contributed by atoms with E-state index in [0.29, 0.717) is 18.2 Å². The van der Waals surface area contributed by atoms with Crippen LogP contribution in [0.4, 0.5) is 5.95 Å². The highest BCUT2D eigenvalue weighted by atomic mass is 16.5. The number of hydrogen-bond acceptors (Lipinski definition) is 6. The van der Waals surface area contributed by atoms with Crippen molar-refractivity contribution in [2.75, 3.05) is 19.6 Å². The van der Waals surface area contributed by atoms with Crippen LogP contribution in [-0.2, 0) is 11.3 Å². The van der Waals surface area contributed by atoms with Gasteiger partial charge in [-0.15, -0.1) is 0 Å². The molecule has 1 heterocycles. The van der Waals surface area contributed by atoms with Gasteiger partial charge in [-0.25, -0.2) is 10.4 Å². The van der Waals surface area contributed by atoms with Crippen molar-refractivity contribution >= 4 is 11.7 Å². The van der Waals surface area contributed by atoms with Crippen molar-refractivity contribution in [1.29, 1.82) is 0 Å². The maximum atomic E-state index is 11.4. The third-order valence-corrected chi connectivity index (χ3v) is 3.20. The molecule has 122 valence electrons. The Morgan fingerprint density at radius 1 is 1.35 bits per heavy atom. The molecule has 0 amide bonds. The fraction of sp³-hybridized carbons (Fsp3) is 0.312. The van der Waals surface area contributed by atoms with Crippen LogP contribution in [0.25, 0.3) is 0 Å². The minimum atomic E-state index is -0.223. The average molecular weight is 316 g/mol. The molecule has 2 rings (SSSR count). The first-order valence-corrected chi connectivity index (χ1v) is 7.08. The summed E-state index contributed by atoms with van der Waals surface area (Å²) in [6.45, 7) is 4.06. The number of aromatic nitrogens is 2. The number of ether oxygens (including phenoxy) is 2. The zero-order valence-electron chi connectivity index (χ0n) is 13.6. The normalized spacial score (nSPS) is 11.4. The number of anilines is 1. The summed E-state index contributed by atoms with van der Waals surface area (Å²) in [5.41, 5.74) is 5.76. The Morgan fingerprint density at radius 3 is 2.78 bits per heavy atom. The van der Waals surface area contributed by atoms with Gasteiger partial charge in [0.1, 0.15) is 5.75 Å². The molecule has 2 aromatic rings. The van der Waals surface area contributed by atoms with Crippen LogP contribution in [0.5, 0.6) is 5.75 Å². The van der Waals surface area contributed by atoms with Crippen molar-refractivity contribution < 1.29 is 9.47 Å². The molecule has 0 aliphatic carbocycles. The maximum Gasteiger partial charge on any atom is 0.252 e. The maximum absolute atomic E-state index is 11.4. The summed E-state index contributed by atoms with van der Waals surface area (Å²) >= 11 is 0. The molecule has 0 saturated carbocycles. The highest BCUT2D eigenvalue weighted by Gasteiger charge is 2.06. The van der Waals surface area contributed by atoms with E-state index < -0.39 is 0 Å². The van der Waals surface area contributed by atoms with Crippen LogP contribution >= 0.6 is 0 Å². The van der Waals surface area contributed by atoms with E-state index >= 15 is 0 Å². The molecule has 2 N–H and O–H groups in total. The highest BCUT2D eigenvalue weighted by molar-refractivity contribution is 5.99. The van der Waals surface area contributed by atoms with Crippen LogP contribution in [0.3, 0.4) is 0 Å². The van der Waals surface area contributed by atoms with Crippen LogP contribution in [-0.4, -0.2) is 29.9 Å². The third-order valence-electron chi connectivity index (χ3n) is 3.20. The van der Waals surface area contributed by atoms with Crippen LogP contribution in [0.1, 0.15) is 23.7 Å². The molecular formula is C16H20N4O3. The molecule has 0 spiro atoms. The first-order valence-electron chi connectivity index (χ1n) is 7.08. The predicted molar refractivity (Wildman–Crippen MR) is 89.1 cm³/mol. The van der Waals surface area contributed by atoms with Crippen molar-refractivity contribution in [3.63, 3.8) is 0 Å². The van der Waals surface area contributed by atoms with Crippen LogP contribution < -0.4 is 15.7 Å². The molecule has 1 aromatic carbocycles. The number of aryl methyl sites for hydroxylation is 1. The largest absolute Gasteiger partial charge is 0.496 e. The van der Waals surface area contributed by atoms with Gasteiger partial charge in [-0.2, -0.15) is 5.10 Å². The van der Waals surface area contributed by atoms with E-state index in [1.165, 1.54) is 6.07 Å². The van der Waals surface area contributed by atoms with E-state index in [9.17, 15) is 4.79 Å². The minimum absolute atomic E-state index is 0.223. The molecule has 0 atom stereocenters. The van der Waals surface area contributed by atoms with Crippen LogP contribution in [0.2, 0.25) is 0 Å². The second kappa shape index (κ2) is 7.55. The summed E-state index contributed by atoms with van der Waals surface area (Å²) < 4.78 is 10.5. The van der Waals surface area contributed by atoms with Crippen molar-refractivity contribution in [1.82, 2.24) is 9.97 Å². The van der Waals surface area contributed by atoms with Gasteiger partial charge in [0.15, 0.2) is 0 Å². The van der Waals surface area contributed by atoms with E-state index in [1.54, 1.807) is 21.1 Å². The SMILES string of the molecule is COCc1cc(/C(C)=N\Nc2nc(C)cc(=O)[nH]2)ccc1OC. The number of H-pyrrole nitrogens is 1. The van der Waals surface area contributed by atoms with Gasteiger partial charge in [0.05, 0.1) is 19.4 Å². The molecule has 23 heavy (non-hydrogen) atoms. The molecule has 0 unspecified atom stereocenters. The van der Waals surface area contributed by atoms with E-state index in [4.69, 9.17) is 9.47 Å². The highest BCUT2D eigenvalue weighted by Crippen LogP contribution is 2.21. The Hall–Kier alpha value is -2.67. The van der Waals surface area contributed by atoms with Crippen molar-refractivity contribution in [2.45, 2.75) is 20.5 Å². The van der Waals surface area contributed by atoms with Crippen molar-refractivity contribution in [3.8, 4) is 5.75 Å². The fourth-order valence-corrected chi connectivity index (χ4v) is 2.11. The Kier molecular flexibility index (Phi) is 5.48. The number of hydrazone groups is 1. The molecular weight excluding hydrogens is 296 g/mol. The predicted octanol–water partition coefficient (Wildman–Crippen LogP) is 2.07. The summed E-state index contributed by atoms with van der Waals surface area (Å²) in [4.78, 5) is 18.1. The molecule has 0 fully saturated rings. The quantitative estimate of drug-likeness (QED) is 0.629. The number of hydrogen-bond donors (Lipinski definition) is 2. The molecule has 0 bridgehead atoms. The van der Waals surface area contributed by atoms with E-state index in [1.807, 2.05) is 25.1 Å². The number of nitrogens with zero attached hydrogens (tertiary/aromatic N) is 2. The van der Waals surface area contributed by atoms with Gasteiger partial charge in [0, 0.05) is 24.4 Å². The Balaban J connectivity index is 2.23. The lowest BCUT2D eigenvalue weighted by atomic mass is 10.1. The monoisotopic (exact) mass is 316 g/mol. The van der Waals surface area contributed by atoms with Gasteiger partial charge >= 0.3 is 0 Å². The average Bonchev–Trinajstić information content (AvgIpc) is 2.52. The number of aromatic amines is 1. The first kappa shape index (κ1) is 16.7. The lowest BCUT2D eigenvalue weighted by Crippen LogP contribution is -2.11. The zero-order valence-corrected chi connectivity index (χ0v) is 13.6. The molecule has 1 aromatic heterocycles. The number of nitrogens with one attached hydrogen (secondary N) is 2. The lowest BCUT2D eigenvalue weighted by Gasteiger charge is -2.10. The molecule has 0 saturated heterocycles. The summed E-state index contributed by atoms with van der Waals surface area (Å²) in [6, 6.07) is 7.15. The molecule has 7 heteroatoms. The third kappa shape index (κ3) is 4.40. The summed E-state index contributed by atoms with van der Waals surface area (Å²) in [6.07, 6.45) is 0. The molecule has 0 radical (unpaired) electrons. The zero-order chi connectivity index (χ0) is 16.8. The van der Waals surface area contributed by atoms with E-state index in [-0.39, 0.29) is 5.56 Å². The molecule has 0 aliphatic heterocycles. The van der Waals surface area contributed by atoms with Gasteiger partial charge in [-0.3, -0.25) is 9.78 Å². The number of rotatable bonds is 6. The standard InChI is InChI=1S/C16H20N4O3/c1-10-7-15(21)18-16(17-10)20-19-11(2)12-5-6-14(23-4)13(8-12)9-22-3/h5-8H,9H2,1-4H3,(H2,17,18,20,21)/b19-11-. The van der Waals surface area contributed by atoms with Gasteiger partial charge in [0.2, 0.25) is 5.95 Å². The second-order valence-corrected chi connectivity index (χ2v) is 5.00. The Morgan fingerprint density at radius 2 is 2.13 bits per heavy atom.